The molecule has 0 unspecified atom stereocenters. The molecule has 5 nitrogen and oxygen atoms in total. The molecule has 2 N–H and O–H groups in total. The number of hydrogen-bond donors (Lipinski definition) is 1. The van der Waals surface area contributed by atoms with E-state index in [-0.39, 0.29) is 0 Å². The first-order valence-electron chi connectivity index (χ1n) is 10.3. The Hall–Kier alpha value is -3.51. The van der Waals surface area contributed by atoms with Crippen molar-refractivity contribution < 1.29 is 0 Å². The largest absolute Gasteiger partial charge is 0.399 e. The maximum Gasteiger partial charge on any atom is 0.138 e. The van der Waals surface area contributed by atoms with E-state index in [2.05, 4.69) is 51.2 Å². The summed E-state index contributed by atoms with van der Waals surface area (Å²) >= 11 is 1.90. The zero-order valence-corrected chi connectivity index (χ0v) is 17.9. The zero-order valence-electron chi connectivity index (χ0n) is 17.1. The minimum atomic E-state index is 0.671. The number of fused-ring (bicyclic) bond motifs is 1. The normalized spacial score (nSPS) is 13.0. The molecular formula is C25H23N5S. The van der Waals surface area contributed by atoms with E-state index in [1.54, 1.807) is 6.20 Å². The number of nitrogens with zero attached hydrogens (tertiary/aromatic N) is 4. The number of benzene rings is 2. The van der Waals surface area contributed by atoms with Gasteiger partial charge in [0, 0.05) is 46.5 Å². The first kappa shape index (κ1) is 19.5. The third-order valence-corrected chi connectivity index (χ3v) is 6.39. The summed E-state index contributed by atoms with van der Waals surface area (Å²) in [4.78, 5) is 15.0. The topological polar surface area (TPSA) is 58.3 Å². The average Bonchev–Trinajstić information content (AvgIpc) is 2.84. The molecule has 0 spiro atoms. The molecule has 1 aliphatic heterocycles. The average molecular weight is 426 g/mol. The van der Waals surface area contributed by atoms with E-state index in [1.165, 1.54) is 10.6 Å². The van der Waals surface area contributed by atoms with Crippen molar-refractivity contribution in [3.8, 4) is 0 Å². The Morgan fingerprint density at radius 1 is 0.903 bits per heavy atom. The fourth-order valence-corrected chi connectivity index (χ4v) is 4.85. The minimum absolute atomic E-state index is 0.671. The fraction of sp³-hybridized carbons (Fsp3) is 0.120. The molecule has 1 aliphatic rings. The summed E-state index contributed by atoms with van der Waals surface area (Å²) in [6, 6.07) is 24.7. The second kappa shape index (κ2) is 8.70. The maximum atomic E-state index is 5.94. The smallest absolute Gasteiger partial charge is 0.138 e. The molecule has 3 heterocycles. The molecule has 0 radical (unpaired) electrons. The minimum Gasteiger partial charge on any atom is -0.399 e. The highest BCUT2D eigenvalue weighted by Crippen LogP contribution is 2.39. The van der Waals surface area contributed by atoms with Crippen LogP contribution < -0.4 is 15.5 Å². The Morgan fingerprint density at radius 3 is 2.58 bits per heavy atom. The van der Waals surface area contributed by atoms with Crippen LogP contribution in [0.1, 0.15) is 5.56 Å². The summed E-state index contributed by atoms with van der Waals surface area (Å²) in [7, 11) is 0. The Bertz CT molecular complexity index is 1160. The number of nitrogens with two attached hydrogens (primary N) is 1. The molecule has 0 fully saturated rings. The lowest BCUT2D eigenvalue weighted by Gasteiger charge is -2.32. The summed E-state index contributed by atoms with van der Waals surface area (Å²) < 4.78 is 0. The number of para-hydroxylation sites is 1. The second-order valence-corrected chi connectivity index (χ2v) is 8.48. The molecule has 154 valence electrons. The number of anilines is 5. The molecule has 0 bridgehead atoms. The van der Waals surface area contributed by atoms with Crippen molar-refractivity contribution in [1.29, 1.82) is 0 Å². The SMILES string of the molecule is Nc1ccc(N(Cc2cccnc2N2CCSc3ccccc32)c2cccnc2)cc1. The van der Waals surface area contributed by atoms with E-state index >= 15 is 0 Å². The number of aromatic nitrogens is 2. The van der Waals surface area contributed by atoms with Crippen LogP contribution in [0.15, 0.2) is 96.3 Å². The van der Waals surface area contributed by atoms with Crippen LogP contribution in [0.5, 0.6) is 0 Å². The van der Waals surface area contributed by atoms with Crippen LogP contribution in [0, 0.1) is 0 Å². The molecule has 0 saturated heterocycles. The highest BCUT2D eigenvalue weighted by atomic mass is 32.2. The highest BCUT2D eigenvalue weighted by molar-refractivity contribution is 7.99. The lowest BCUT2D eigenvalue weighted by molar-refractivity contribution is 0.910. The van der Waals surface area contributed by atoms with Gasteiger partial charge in [0.05, 0.1) is 24.1 Å². The predicted octanol–water partition coefficient (Wildman–Crippen LogP) is 5.64. The molecule has 2 aromatic heterocycles. The molecule has 2 aromatic carbocycles. The van der Waals surface area contributed by atoms with Gasteiger partial charge in [-0.05, 0) is 54.6 Å². The molecule has 0 aliphatic carbocycles. The van der Waals surface area contributed by atoms with Gasteiger partial charge in [-0.25, -0.2) is 4.98 Å². The van der Waals surface area contributed by atoms with Gasteiger partial charge >= 0.3 is 0 Å². The Balaban J connectivity index is 1.55. The third-order valence-electron chi connectivity index (χ3n) is 5.34. The highest BCUT2D eigenvalue weighted by Gasteiger charge is 2.23. The maximum absolute atomic E-state index is 5.94. The van der Waals surface area contributed by atoms with Gasteiger partial charge in [-0.3, -0.25) is 4.98 Å². The van der Waals surface area contributed by atoms with Crippen LogP contribution in [-0.4, -0.2) is 22.3 Å². The van der Waals surface area contributed by atoms with E-state index in [0.717, 1.165) is 40.7 Å². The molecule has 5 rings (SSSR count). The van der Waals surface area contributed by atoms with Crippen LogP contribution in [0.25, 0.3) is 0 Å². The van der Waals surface area contributed by atoms with Gasteiger partial charge < -0.3 is 15.5 Å². The van der Waals surface area contributed by atoms with E-state index in [9.17, 15) is 0 Å². The lowest BCUT2D eigenvalue weighted by atomic mass is 10.1. The first-order valence-corrected chi connectivity index (χ1v) is 11.2. The molecular weight excluding hydrogens is 402 g/mol. The molecule has 0 amide bonds. The van der Waals surface area contributed by atoms with Crippen LogP contribution in [-0.2, 0) is 6.54 Å². The van der Waals surface area contributed by atoms with Crippen molar-refractivity contribution in [3.05, 3.63) is 97.0 Å². The number of pyridine rings is 2. The summed E-state index contributed by atoms with van der Waals surface area (Å²) in [5.41, 5.74) is 11.1. The quantitative estimate of drug-likeness (QED) is 0.418. The number of nitrogen functional groups attached to an aromatic ring is 1. The lowest BCUT2D eigenvalue weighted by Crippen LogP contribution is -2.27. The van der Waals surface area contributed by atoms with Crippen LogP contribution in [0.4, 0.5) is 28.6 Å². The van der Waals surface area contributed by atoms with Gasteiger partial charge in [0.1, 0.15) is 5.82 Å². The zero-order chi connectivity index (χ0) is 21.0. The van der Waals surface area contributed by atoms with Gasteiger partial charge in [-0.2, -0.15) is 0 Å². The summed E-state index contributed by atoms with van der Waals surface area (Å²) in [5.74, 6) is 2.04. The second-order valence-electron chi connectivity index (χ2n) is 7.34. The van der Waals surface area contributed by atoms with Crippen LogP contribution in [0.3, 0.4) is 0 Å². The molecule has 6 heteroatoms. The van der Waals surface area contributed by atoms with E-state index in [1.807, 2.05) is 60.6 Å². The number of hydrogen-bond acceptors (Lipinski definition) is 6. The van der Waals surface area contributed by atoms with Gasteiger partial charge in [-0.15, -0.1) is 11.8 Å². The Morgan fingerprint density at radius 2 is 1.74 bits per heavy atom. The van der Waals surface area contributed by atoms with Crippen LogP contribution in [0.2, 0.25) is 0 Å². The molecule has 0 atom stereocenters. The van der Waals surface area contributed by atoms with E-state index in [0.29, 0.717) is 6.54 Å². The van der Waals surface area contributed by atoms with Crippen LogP contribution >= 0.6 is 11.8 Å². The summed E-state index contributed by atoms with van der Waals surface area (Å²) in [5, 5.41) is 0. The van der Waals surface area contributed by atoms with Crippen molar-refractivity contribution in [2.75, 3.05) is 27.8 Å². The standard InChI is InChI=1S/C25H23N5S/c26-20-9-11-21(12-10-20)30(22-6-4-13-27-17-22)18-19-5-3-14-28-25(19)29-15-16-31-24-8-2-1-7-23(24)29/h1-14,17H,15-16,18,26H2. The number of thioether (sulfide) groups is 1. The van der Waals surface area contributed by atoms with Crippen molar-refractivity contribution in [3.63, 3.8) is 0 Å². The fourth-order valence-electron chi connectivity index (χ4n) is 3.86. The Kier molecular flexibility index (Phi) is 5.46. The predicted molar refractivity (Wildman–Crippen MR) is 129 cm³/mol. The molecule has 4 aromatic rings. The van der Waals surface area contributed by atoms with Crippen molar-refractivity contribution in [1.82, 2.24) is 9.97 Å². The van der Waals surface area contributed by atoms with Crippen molar-refractivity contribution in [2.45, 2.75) is 11.4 Å². The van der Waals surface area contributed by atoms with Crippen molar-refractivity contribution in [2.24, 2.45) is 0 Å². The van der Waals surface area contributed by atoms with Crippen molar-refractivity contribution >= 4 is 40.3 Å². The van der Waals surface area contributed by atoms with Gasteiger partial charge in [0.15, 0.2) is 0 Å². The van der Waals surface area contributed by atoms with E-state index in [4.69, 9.17) is 10.7 Å². The summed E-state index contributed by atoms with van der Waals surface area (Å²) in [6.45, 7) is 1.60. The number of rotatable bonds is 5. The van der Waals surface area contributed by atoms with Gasteiger partial charge in [0.2, 0.25) is 0 Å². The molecule has 31 heavy (non-hydrogen) atoms. The van der Waals surface area contributed by atoms with E-state index < -0.39 is 0 Å². The van der Waals surface area contributed by atoms with Gasteiger partial charge in [-0.1, -0.05) is 18.2 Å². The first-order chi connectivity index (χ1) is 15.3. The third kappa shape index (κ3) is 4.07. The monoisotopic (exact) mass is 425 g/mol. The molecule has 0 saturated carbocycles. The Labute approximate surface area is 186 Å². The van der Waals surface area contributed by atoms with Gasteiger partial charge in [0.25, 0.3) is 0 Å². The summed E-state index contributed by atoms with van der Waals surface area (Å²) in [6.07, 6.45) is 5.56.